The molecule has 0 aromatic carbocycles. The summed E-state index contributed by atoms with van der Waals surface area (Å²) in [5.74, 6) is 0.422. The molecule has 3 heteroatoms. The van der Waals surface area contributed by atoms with Crippen LogP contribution in [0.4, 0.5) is 0 Å². The molecule has 0 fully saturated rings. The summed E-state index contributed by atoms with van der Waals surface area (Å²) >= 11 is 5.46. The van der Waals surface area contributed by atoms with Gasteiger partial charge in [-0.2, -0.15) is 0 Å². The van der Waals surface area contributed by atoms with E-state index in [2.05, 4.69) is 9.97 Å². The molecule has 1 aromatic rings. The second-order valence-electron chi connectivity index (χ2n) is 1.30. The molecule has 0 N–H and O–H groups in total. The summed E-state index contributed by atoms with van der Waals surface area (Å²) in [7, 11) is 0. The number of halogens is 1. The van der Waals surface area contributed by atoms with Crippen LogP contribution in [-0.2, 0) is 0 Å². The molecule has 0 aliphatic rings. The number of aromatic nitrogens is 2. The Kier molecular flexibility index (Phi) is 0.891. The number of nitrogens with zero attached hydrogens (tertiary/aromatic N) is 2. The van der Waals surface area contributed by atoms with Crippen LogP contribution in [0.15, 0.2) is 12.2 Å². The van der Waals surface area contributed by atoms with Crippen molar-refractivity contribution in [2.75, 3.05) is 0 Å². The topological polar surface area (TPSA) is 25.8 Å². The predicted octanol–water partition coefficient (Wildman–Crippen LogP) is 1.44. The first-order chi connectivity index (χ1) is 4.61. The van der Waals surface area contributed by atoms with E-state index in [0.29, 0.717) is 5.82 Å². The molecule has 0 saturated carbocycles. The molecule has 0 atom stereocenters. The second kappa shape index (κ2) is 2.09. The standard InChI is InChI=1S/C5H5ClN2/c1-4-7-3-2-5(6)8-4/h2-3H,1H3/i2D,3D. The maximum atomic E-state index is 7.10. The molecule has 42 valence electrons. The molecule has 0 spiro atoms. The molecule has 0 unspecified atom stereocenters. The largest absolute Gasteiger partial charge is 0.242 e. The molecule has 0 radical (unpaired) electrons. The summed E-state index contributed by atoms with van der Waals surface area (Å²) < 4.78 is 14.2. The summed E-state index contributed by atoms with van der Waals surface area (Å²) in [5.41, 5.74) is 0. The molecule has 0 aliphatic carbocycles. The van der Waals surface area contributed by atoms with Crippen molar-refractivity contribution in [2.24, 2.45) is 0 Å². The van der Waals surface area contributed by atoms with Crippen molar-refractivity contribution in [1.82, 2.24) is 9.97 Å². The van der Waals surface area contributed by atoms with E-state index < -0.39 is 0 Å². The van der Waals surface area contributed by atoms with Crippen molar-refractivity contribution in [3.63, 3.8) is 0 Å². The van der Waals surface area contributed by atoms with Gasteiger partial charge < -0.3 is 0 Å². The smallest absolute Gasteiger partial charge is 0.132 e. The Bertz CT molecular complexity index is 241. The van der Waals surface area contributed by atoms with Crippen LogP contribution in [-0.4, -0.2) is 9.97 Å². The van der Waals surface area contributed by atoms with Crippen LogP contribution in [0, 0.1) is 6.92 Å². The lowest BCUT2D eigenvalue weighted by molar-refractivity contribution is 1.05. The fourth-order valence-electron chi connectivity index (χ4n) is 0.350. The third kappa shape index (κ3) is 1.17. The van der Waals surface area contributed by atoms with Gasteiger partial charge in [-0.25, -0.2) is 9.97 Å². The zero-order chi connectivity index (χ0) is 7.72. The molecule has 0 aliphatic heterocycles. The minimum atomic E-state index is -0.127. The number of hydrogen-bond acceptors (Lipinski definition) is 2. The van der Waals surface area contributed by atoms with Gasteiger partial charge in [-0.15, -0.1) is 0 Å². The molecule has 0 saturated heterocycles. The average Bonchev–Trinajstić information content (AvgIpc) is 1.82. The van der Waals surface area contributed by atoms with Gasteiger partial charge in [0.2, 0.25) is 0 Å². The minimum absolute atomic E-state index is 0.0394. The molecule has 1 heterocycles. The van der Waals surface area contributed by atoms with Gasteiger partial charge in [0.25, 0.3) is 0 Å². The highest BCUT2D eigenvalue weighted by Gasteiger charge is 1.85. The Morgan fingerprint density at radius 1 is 1.88 bits per heavy atom. The predicted molar refractivity (Wildman–Crippen MR) is 31.8 cm³/mol. The van der Waals surface area contributed by atoms with Gasteiger partial charge in [0.1, 0.15) is 11.0 Å². The summed E-state index contributed by atoms with van der Waals surface area (Å²) in [6, 6.07) is -0.118. The first-order valence-corrected chi connectivity index (χ1v) is 2.46. The van der Waals surface area contributed by atoms with Crippen LogP contribution in [0.5, 0.6) is 0 Å². The van der Waals surface area contributed by atoms with Gasteiger partial charge in [-0.1, -0.05) is 11.6 Å². The van der Waals surface area contributed by atoms with Gasteiger partial charge in [-0.3, -0.25) is 0 Å². The third-order valence-electron chi connectivity index (χ3n) is 0.637. The second-order valence-corrected chi connectivity index (χ2v) is 1.66. The molecule has 1 aromatic heterocycles. The van der Waals surface area contributed by atoms with Crippen LogP contribution in [0.2, 0.25) is 5.15 Å². The van der Waals surface area contributed by atoms with Crippen LogP contribution in [0.1, 0.15) is 8.57 Å². The zero-order valence-electron chi connectivity index (χ0n) is 6.27. The van der Waals surface area contributed by atoms with E-state index in [4.69, 9.17) is 14.3 Å². The third-order valence-corrected chi connectivity index (χ3v) is 0.816. The van der Waals surface area contributed by atoms with Gasteiger partial charge >= 0.3 is 0 Å². The highest BCUT2D eigenvalue weighted by Crippen LogP contribution is 1.99. The molecule has 1 rings (SSSR count). The minimum Gasteiger partial charge on any atom is -0.242 e. The van der Waals surface area contributed by atoms with Gasteiger partial charge in [-0.05, 0) is 13.0 Å². The first kappa shape index (κ1) is 3.41. The molecule has 2 nitrogen and oxygen atoms in total. The van der Waals surface area contributed by atoms with Crippen molar-refractivity contribution in [2.45, 2.75) is 6.92 Å². The maximum Gasteiger partial charge on any atom is 0.132 e. The Labute approximate surface area is 55.3 Å². The van der Waals surface area contributed by atoms with Gasteiger partial charge in [0.05, 0.1) is 2.74 Å². The van der Waals surface area contributed by atoms with Crippen LogP contribution in [0.25, 0.3) is 0 Å². The summed E-state index contributed by atoms with van der Waals surface area (Å²) in [6.07, 6.45) is -0.127. The average molecular weight is 131 g/mol. The number of hydrogen-bond donors (Lipinski definition) is 0. The number of rotatable bonds is 0. The number of aryl methyl sites for hydroxylation is 1. The van der Waals surface area contributed by atoms with Crippen molar-refractivity contribution in [3.05, 3.63) is 23.2 Å². The Morgan fingerprint density at radius 3 is 3.25 bits per heavy atom. The summed E-state index contributed by atoms with van der Waals surface area (Å²) in [5, 5.41) is 0.0394. The van der Waals surface area contributed by atoms with Crippen molar-refractivity contribution < 1.29 is 2.74 Å². The molecular weight excluding hydrogens is 124 g/mol. The van der Waals surface area contributed by atoms with Gasteiger partial charge in [0.15, 0.2) is 0 Å². The summed E-state index contributed by atoms with van der Waals surface area (Å²) in [4.78, 5) is 7.30. The Hall–Kier alpha value is -0.630. The lowest BCUT2D eigenvalue weighted by Gasteiger charge is -1.87. The van der Waals surface area contributed by atoms with Crippen molar-refractivity contribution >= 4 is 11.6 Å². The van der Waals surface area contributed by atoms with E-state index in [1.165, 1.54) is 0 Å². The van der Waals surface area contributed by atoms with E-state index in [1.807, 2.05) is 0 Å². The molecule has 0 bridgehead atoms. The highest BCUT2D eigenvalue weighted by atomic mass is 35.5. The Morgan fingerprint density at radius 2 is 2.62 bits per heavy atom. The van der Waals surface area contributed by atoms with E-state index in [-0.39, 0.29) is 17.4 Å². The normalized spacial score (nSPS) is 12.8. The van der Waals surface area contributed by atoms with E-state index in [0.717, 1.165) is 0 Å². The fraction of sp³-hybridized carbons (Fsp3) is 0.200. The van der Waals surface area contributed by atoms with Crippen molar-refractivity contribution in [1.29, 1.82) is 0 Å². The first-order valence-electron chi connectivity index (χ1n) is 3.08. The lowest BCUT2D eigenvalue weighted by atomic mass is 10.6. The molecule has 0 amide bonds. The van der Waals surface area contributed by atoms with E-state index in [9.17, 15) is 0 Å². The fourth-order valence-corrected chi connectivity index (χ4v) is 0.515. The zero-order valence-corrected chi connectivity index (χ0v) is 5.03. The SMILES string of the molecule is [2H]c1nc(C)nc(Cl)c1[2H]. The van der Waals surface area contributed by atoms with Crippen LogP contribution < -0.4 is 0 Å². The van der Waals surface area contributed by atoms with E-state index in [1.54, 1.807) is 6.92 Å². The molecule has 8 heavy (non-hydrogen) atoms. The highest BCUT2D eigenvalue weighted by molar-refractivity contribution is 6.29. The van der Waals surface area contributed by atoms with Crippen LogP contribution in [0.3, 0.4) is 0 Å². The monoisotopic (exact) mass is 130 g/mol. The van der Waals surface area contributed by atoms with Gasteiger partial charge in [0, 0.05) is 6.17 Å². The van der Waals surface area contributed by atoms with Crippen molar-refractivity contribution in [3.8, 4) is 0 Å². The van der Waals surface area contributed by atoms with Crippen LogP contribution >= 0.6 is 11.6 Å². The quantitative estimate of drug-likeness (QED) is 0.497. The molecular formula is C5H5ClN2. The summed E-state index contributed by atoms with van der Waals surface area (Å²) in [6.45, 7) is 1.63. The Balaban J connectivity index is 3.31. The maximum absolute atomic E-state index is 7.10. The lowest BCUT2D eigenvalue weighted by Crippen LogP contribution is -1.83. The van der Waals surface area contributed by atoms with E-state index >= 15 is 0 Å².